The van der Waals surface area contributed by atoms with Crippen molar-refractivity contribution in [2.75, 3.05) is 32.8 Å². The summed E-state index contributed by atoms with van der Waals surface area (Å²) in [5, 5.41) is 22.4. The van der Waals surface area contributed by atoms with Crippen LogP contribution in [0.1, 0.15) is 12.5 Å². The summed E-state index contributed by atoms with van der Waals surface area (Å²) >= 11 is 0. The molecule has 19 heavy (non-hydrogen) atoms. The van der Waals surface area contributed by atoms with E-state index in [1.165, 1.54) is 6.07 Å². The van der Waals surface area contributed by atoms with E-state index in [0.29, 0.717) is 12.1 Å². The fourth-order valence-electron chi connectivity index (χ4n) is 2.28. The minimum atomic E-state index is -0.0784. The molecule has 0 spiro atoms. The maximum atomic E-state index is 9.69. The molecule has 1 aliphatic rings. The van der Waals surface area contributed by atoms with Gasteiger partial charge in [0, 0.05) is 31.7 Å². The Morgan fingerprint density at radius 3 is 3.05 bits per heavy atom. The number of nitrogens with zero attached hydrogens (tertiary/aromatic N) is 1. The van der Waals surface area contributed by atoms with E-state index < -0.39 is 0 Å². The molecule has 0 aliphatic carbocycles. The summed E-state index contributed by atoms with van der Waals surface area (Å²) < 4.78 is 5.69. The van der Waals surface area contributed by atoms with Crippen molar-refractivity contribution in [2.24, 2.45) is 0 Å². The Kier molecular flexibility index (Phi) is 5.01. The van der Waals surface area contributed by atoms with Gasteiger partial charge in [0.15, 0.2) is 11.5 Å². The molecule has 3 N–H and O–H groups in total. The first-order valence-corrected chi connectivity index (χ1v) is 6.75. The van der Waals surface area contributed by atoms with E-state index in [4.69, 9.17) is 4.74 Å². The van der Waals surface area contributed by atoms with Gasteiger partial charge in [0.25, 0.3) is 0 Å². The third kappa shape index (κ3) is 3.83. The van der Waals surface area contributed by atoms with Gasteiger partial charge in [0.1, 0.15) is 0 Å². The van der Waals surface area contributed by atoms with Crippen LogP contribution in [0.5, 0.6) is 11.5 Å². The Morgan fingerprint density at radius 2 is 2.26 bits per heavy atom. The number of hydrogen-bond acceptors (Lipinski definition) is 5. The van der Waals surface area contributed by atoms with Crippen molar-refractivity contribution in [2.45, 2.75) is 19.6 Å². The molecule has 5 nitrogen and oxygen atoms in total. The van der Waals surface area contributed by atoms with Gasteiger partial charge in [-0.25, -0.2) is 0 Å². The lowest BCUT2D eigenvalue weighted by Gasteiger charge is -2.32. The fourth-order valence-corrected chi connectivity index (χ4v) is 2.28. The Hall–Kier alpha value is -1.30. The van der Waals surface area contributed by atoms with Crippen LogP contribution >= 0.6 is 0 Å². The van der Waals surface area contributed by atoms with Gasteiger partial charge < -0.3 is 20.3 Å². The third-order valence-corrected chi connectivity index (χ3v) is 3.46. The van der Waals surface area contributed by atoms with Crippen LogP contribution < -0.4 is 5.32 Å². The van der Waals surface area contributed by atoms with Gasteiger partial charge in [-0.2, -0.15) is 0 Å². The molecule has 0 saturated carbocycles. The van der Waals surface area contributed by atoms with Gasteiger partial charge in [-0.3, -0.25) is 4.90 Å². The largest absolute Gasteiger partial charge is 0.504 e. The van der Waals surface area contributed by atoms with Crippen LogP contribution in [0.15, 0.2) is 18.2 Å². The number of aromatic hydroxyl groups is 2. The Bertz CT molecular complexity index is 412. The molecule has 0 aromatic heterocycles. The summed E-state index contributed by atoms with van der Waals surface area (Å²) in [6.45, 7) is 7.18. The molecule has 1 aliphatic heterocycles. The first-order valence-electron chi connectivity index (χ1n) is 6.75. The molecule has 1 atom stereocenters. The van der Waals surface area contributed by atoms with Crippen molar-refractivity contribution in [3.63, 3.8) is 0 Å². The molecule has 106 valence electrons. The van der Waals surface area contributed by atoms with Gasteiger partial charge in [-0.05, 0) is 12.6 Å². The predicted molar refractivity (Wildman–Crippen MR) is 73.3 cm³/mol. The smallest absolute Gasteiger partial charge is 0.161 e. The van der Waals surface area contributed by atoms with E-state index >= 15 is 0 Å². The number of hydrogen-bond donors (Lipinski definition) is 3. The SMILES string of the molecule is CCN1CCOC(CNCc2cccc(O)c2O)C1. The highest BCUT2D eigenvalue weighted by Crippen LogP contribution is 2.27. The molecule has 1 aromatic rings. The number of para-hydroxylation sites is 1. The molecule has 1 aromatic carbocycles. The molecule has 0 bridgehead atoms. The molecule has 1 heterocycles. The average molecular weight is 266 g/mol. The molecule has 5 heteroatoms. The lowest BCUT2D eigenvalue weighted by atomic mass is 10.2. The van der Waals surface area contributed by atoms with Gasteiger partial charge in [-0.1, -0.05) is 19.1 Å². The Morgan fingerprint density at radius 1 is 1.42 bits per heavy atom. The summed E-state index contributed by atoms with van der Waals surface area (Å²) in [5.74, 6) is -0.125. The lowest BCUT2D eigenvalue weighted by Crippen LogP contribution is -2.46. The summed E-state index contributed by atoms with van der Waals surface area (Å²) in [5.41, 5.74) is 0.697. The van der Waals surface area contributed by atoms with Gasteiger partial charge in [-0.15, -0.1) is 0 Å². The fraction of sp³-hybridized carbons (Fsp3) is 0.571. The minimum Gasteiger partial charge on any atom is -0.504 e. The van der Waals surface area contributed by atoms with Gasteiger partial charge in [0.2, 0.25) is 0 Å². The third-order valence-electron chi connectivity index (χ3n) is 3.46. The van der Waals surface area contributed by atoms with Crippen LogP contribution in [-0.2, 0) is 11.3 Å². The molecule has 0 radical (unpaired) electrons. The number of ether oxygens (including phenoxy) is 1. The van der Waals surface area contributed by atoms with Crippen LogP contribution in [0.3, 0.4) is 0 Å². The quantitative estimate of drug-likeness (QED) is 0.691. The summed E-state index contributed by atoms with van der Waals surface area (Å²) in [6, 6.07) is 4.99. The Labute approximate surface area is 113 Å². The minimum absolute atomic E-state index is 0.0465. The first-order chi connectivity index (χ1) is 9.20. The van der Waals surface area contributed by atoms with E-state index in [2.05, 4.69) is 17.1 Å². The van der Waals surface area contributed by atoms with Crippen molar-refractivity contribution in [1.29, 1.82) is 0 Å². The molecule has 0 amide bonds. The molecule has 1 unspecified atom stereocenters. The van der Waals surface area contributed by atoms with Crippen molar-refractivity contribution in [3.05, 3.63) is 23.8 Å². The average Bonchev–Trinajstić information content (AvgIpc) is 2.44. The molecule has 1 fully saturated rings. The molecular formula is C14H22N2O3. The van der Waals surface area contributed by atoms with Crippen LogP contribution in [0.2, 0.25) is 0 Å². The topological polar surface area (TPSA) is 65.0 Å². The number of morpholine rings is 1. The second kappa shape index (κ2) is 6.75. The number of benzene rings is 1. The van der Waals surface area contributed by atoms with E-state index in [9.17, 15) is 10.2 Å². The van der Waals surface area contributed by atoms with Crippen LogP contribution in [0.25, 0.3) is 0 Å². The maximum absolute atomic E-state index is 9.69. The summed E-state index contributed by atoms with van der Waals surface area (Å²) in [7, 11) is 0. The highest BCUT2D eigenvalue weighted by molar-refractivity contribution is 5.44. The summed E-state index contributed by atoms with van der Waals surface area (Å²) in [4.78, 5) is 2.36. The standard InChI is InChI=1S/C14H22N2O3/c1-2-16-6-7-19-12(10-16)9-15-8-11-4-3-5-13(17)14(11)18/h3-5,12,15,17-18H,2,6-10H2,1H3. The van der Waals surface area contributed by atoms with E-state index in [1.54, 1.807) is 12.1 Å². The molecular weight excluding hydrogens is 244 g/mol. The second-order valence-corrected chi connectivity index (χ2v) is 4.80. The monoisotopic (exact) mass is 266 g/mol. The van der Waals surface area contributed by atoms with Crippen LogP contribution in [-0.4, -0.2) is 54.0 Å². The number of phenolic OH excluding ortho intramolecular Hbond substituents is 2. The molecule has 1 saturated heterocycles. The highest BCUT2D eigenvalue weighted by Gasteiger charge is 2.18. The van der Waals surface area contributed by atoms with E-state index in [1.807, 2.05) is 0 Å². The number of rotatable bonds is 5. The normalized spacial score (nSPS) is 20.6. The van der Waals surface area contributed by atoms with Gasteiger partial charge >= 0.3 is 0 Å². The van der Waals surface area contributed by atoms with Crippen molar-refractivity contribution >= 4 is 0 Å². The number of likely N-dealkylation sites (N-methyl/N-ethyl adjacent to an activating group) is 1. The lowest BCUT2D eigenvalue weighted by molar-refractivity contribution is -0.0253. The second-order valence-electron chi connectivity index (χ2n) is 4.80. The highest BCUT2D eigenvalue weighted by atomic mass is 16.5. The zero-order valence-corrected chi connectivity index (χ0v) is 11.3. The van der Waals surface area contributed by atoms with Crippen molar-refractivity contribution in [1.82, 2.24) is 10.2 Å². The zero-order valence-electron chi connectivity index (χ0n) is 11.3. The predicted octanol–water partition coefficient (Wildman–Crippen LogP) is 0.908. The maximum Gasteiger partial charge on any atom is 0.161 e. The Balaban J connectivity index is 1.78. The van der Waals surface area contributed by atoms with Gasteiger partial charge in [0.05, 0.1) is 12.7 Å². The van der Waals surface area contributed by atoms with Crippen LogP contribution in [0.4, 0.5) is 0 Å². The van der Waals surface area contributed by atoms with Crippen LogP contribution in [0, 0.1) is 0 Å². The zero-order chi connectivity index (χ0) is 13.7. The van der Waals surface area contributed by atoms with E-state index in [0.717, 1.165) is 32.8 Å². The number of phenols is 2. The number of nitrogens with one attached hydrogen (secondary N) is 1. The van der Waals surface area contributed by atoms with Crippen molar-refractivity contribution in [3.8, 4) is 11.5 Å². The first kappa shape index (κ1) is 14.1. The van der Waals surface area contributed by atoms with E-state index in [-0.39, 0.29) is 17.6 Å². The van der Waals surface area contributed by atoms with Crippen molar-refractivity contribution < 1.29 is 14.9 Å². The summed E-state index contributed by atoms with van der Waals surface area (Å²) in [6.07, 6.45) is 0.188. The molecule has 2 rings (SSSR count).